The minimum absolute atomic E-state index is 0.244. The van der Waals surface area contributed by atoms with E-state index in [1.165, 1.54) is 0 Å². The van der Waals surface area contributed by atoms with Crippen molar-refractivity contribution in [2.45, 2.75) is 18.3 Å². The summed E-state index contributed by atoms with van der Waals surface area (Å²) >= 11 is 7.03. The zero-order valence-corrected chi connectivity index (χ0v) is 20.1. The molecule has 1 amide bonds. The maximum absolute atomic E-state index is 13.8. The average Bonchev–Trinajstić information content (AvgIpc) is 3.21. The number of hydrogen-bond donors (Lipinski definition) is 2. The highest BCUT2D eigenvalue weighted by Gasteiger charge is 2.44. The number of halogens is 2. The number of rotatable bonds is 3. The first-order valence-corrected chi connectivity index (χ1v) is 12.0. The van der Waals surface area contributed by atoms with Crippen molar-refractivity contribution in [3.63, 3.8) is 0 Å². The summed E-state index contributed by atoms with van der Waals surface area (Å²) in [6, 6.07) is 8.26. The molecule has 2 fully saturated rings. The van der Waals surface area contributed by atoms with Crippen LogP contribution in [0, 0.1) is 0 Å². The van der Waals surface area contributed by atoms with Gasteiger partial charge in [-0.05, 0) is 59.6 Å². The highest BCUT2D eigenvalue weighted by molar-refractivity contribution is 9.10. The van der Waals surface area contributed by atoms with Gasteiger partial charge >= 0.3 is 0 Å². The van der Waals surface area contributed by atoms with Crippen molar-refractivity contribution >= 4 is 54.6 Å². The zero-order valence-electron chi connectivity index (χ0n) is 16.9. The SMILES string of the molecule is O=C(N1CCN(c2ncnc3n[nH]c(Br)c23)CC1)C1(c2ccc(Br)cc2)CCNCC1. The van der Waals surface area contributed by atoms with Crippen molar-refractivity contribution in [2.24, 2.45) is 0 Å². The molecule has 1 aromatic carbocycles. The van der Waals surface area contributed by atoms with Gasteiger partial charge in [0.1, 0.15) is 16.7 Å². The van der Waals surface area contributed by atoms with E-state index in [1.54, 1.807) is 6.33 Å². The number of fused-ring (bicyclic) bond motifs is 1. The fraction of sp³-hybridized carbons (Fsp3) is 0.429. The molecule has 2 saturated heterocycles. The lowest BCUT2D eigenvalue weighted by Gasteiger charge is -2.43. The Bertz CT molecular complexity index is 1090. The number of benzene rings is 1. The first-order valence-electron chi connectivity index (χ1n) is 10.4. The summed E-state index contributed by atoms with van der Waals surface area (Å²) in [7, 11) is 0. The van der Waals surface area contributed by atoms with E-state index in [-0.39, 0.29) is 5.91 Å². The first-order chi connectivity index (χ1) is 15.1. The molecular weight excluding hydrogens is 526 g/mol. The molecule has 31 heavy (non-hydrogen) atoms. The lowest BCUT2D eigenvalue weighted by Crippen LogP contribution is -2.57. The Morgan fingerprint density at radius 2 is 1.71 bits per heavy atom. The van der Waals surface area contributed by atoms with Gasteiger partial charge in [0.25, 0.3) is 0 Å². The van der Waals surface area contributed by atoms with Gasteiger partial charge in [0.2, 0.25) is 5.91 Å². The van der Waals surface area contributed by atoms with Crippen molar-refractivity contribution in [1.29, 1.82) is 0 Å². The maximum atomic E-state index is 13.8. The van der Waals surface area contributed by atoms with Gasteiger partial charge in [0, 0.05) is 30.7 Å². The molecule has 10 heteroatoms. The van der Waals surface area contributed by atoms with Crippen LogP contribution in [0.4, 0.5) is 5.82 Å². The van der Waals surface area contributed by atoms with Crippen LogP contribution < -0.4 is 10.2 Å². The van der Waals surface area contributed by atoms with Crippen LogP contribution in [0.25, 0.3) is 11.0 Å². The Hall–Kier alpha value is -2.04. The molecule has 5 rings (SSSR count). The molecule has 0 radical (unpaired) electrons. The van der Waals surface area contributed by atoms with E-state index in [0.717, 1.165) is 64.9 Å². The molecule has 8 nitrogen and oxygen atoms in total. The number of anilines is 1. The lowest BCUT2D eigenvalue weighted by molar-refractivity contribution is -0.139. The molecule has 0 spiro atoms. The van der Waals surface area contributed by atoms with Crippen LogP contribution in [-0.4, -0.2) is 70.2 Å². The van der Waals surface area contributed by atoms with Crippen molar-refractivity contribution in [3.05, 3.63) is 45.2 Å². The molecular formula is C21H23Br2N7O. The number of piperazine rings is 1. The Morgan fingerprint density at radius 3 is 2.42 bits per heavy atom. The number of amides is 1. The predicted molar refractivity (Wildman–Crippen MR) is 126 cm³/mol. The second kappa shape index (κ2) is 8.48. The smallest absolute Gasteiger partial charge is 0.233 e. The van der Waals surface area contributed by atoms with Crippen molar-refractivity contribution in [1.82, 2.24) is 30.4 Å². The Kier molecular flexibility index (Phi) is 5.70. The molecule has 3 aromatic rings. The van der Waals surface area contributed by atoms with Crippen molar-refractivity contribution in [2.75, 3.05) is 44.2 Å². The van der Waals surface area contributed by atoms with Gasteiger partial charge in [-0.2, -0.15) is 5.10 Å². The number of carbonyl (C=O) groups excluding carboxylic acids is 1. The lowest BCUT2D eigenvalue weighted by atomic mass is 9.72. The van der Waals surface area contributed by atoms with Crippen LogP contribution in [0.2, 0.25) is 0 Å². The average molecular weight is 549 g/mol. The molecule has 2 aliphatic heterocycles. The number of nitrogens with zero attached hydrogens (tertiary/aromatic N) is 5. The summed E-state index contributed by atoms with van der Waals surface area (Å²) in [5, 5.41) is 11.4. The van der Waals surface area contributed by atoms with Crippen molar-refractivity contribution in [3.8, 4) is 0 Å². The second-order valence-electron chi connectivity index (χ2n) is 8.05. The fourth-order valence-electron chi connectivity index (χ4n) is 4.72. The number of piperidine rings is 1. The highest BCUT2D eigenvalue weighted by Crippen LogP contribution is 2.37. The molecule has 2 aromatic heterocycles. The van der Waals surface area contributed by atoms with E-state index in [9.17, 15) is 4.79 Å². The molecule has 0 unspecified atom stereocenters. The first kappa shape index (κ1) is 20.8. The summed E-state index contributed by atoms with van der Waals surface area (Å²) in [6.07, 6.45) is 3.18. The monoisotopic (exact) mass is 547 g/mol. The van der Waals surface area contributed by atoms with Crippen LogP contribution in [0.5, 0.6) is 0 Å². The van der Waals surface area contributed by atoms with Gasteiger partial charge in [-0.3, -0.25) is 9.89 Å². The summed E-state index contributed by atoms with van der Waals surface area (Å²) < 4.78 is 1.81. The minimum Gasteiger partial charge on any atom is -0.352 e. The molecule has 0 atom stereocenters. The summed E-state index contributed by atoms with van der Waals surface area (Å²) in [5.74, 6) is 1.09. The van der Waals surface area contributed by atoms with Crippen LogP contribution in [0.15, 0.2) is 39.7 Å². The third-order valence-electron chi connectivity index (χ3n) is 6.42. The molecule has 4 heterocycles. The van der Waals surface area contributed by atoms with Crippen LogP contribution >= 0.6 is 31.9 Å². The van der Waals surface area contributed by atoms with Gasteiger partial charge in [-0.25, -0.2) is 9.97 Å². The topological polar surface area (TPSA) is 90.0 Å². The number of aromatic amines is 1. The van der Waals surface area contributed by atoms with Gasteiger partial charge in [0.05, 0.1) is 10.8 Å². The Morgan fingerprint density at radius 1 is 1.00 bits per heavy atom. The van der Waals surface area contributed by atoms with Crippen LogP contribution in [0.3, 0.4) is 0 Å². The standard InChI is InChI=1S/C21H23Br2N7O/c22-15-3-1-14(2-4-15)21(5-7-24-8-6-21)20(31)30-11-9-29(10-12-30)19-16-17(23)27-28-18(16)25-13-26-19/h1-4,13,24H,5-12H2,(H,25,26,27,28). The van der Waals surface area contributed by atoms with E-state index in [4.69, 9.17) is 0 Å². The number of carbonyl (C=O) groups is 1. The van der Waals surface area contributed by atoms with E-state index in [1.807, 2.05) is 17.0 Å². The second-order valence-corrected chi connectivity index (χ2v) is 9.76. The molecule has 162 valence electrons. The third-order valence-corrected chi connectivity index (χ3v) is 7.52. The van der Waals surface area contributed by atoms with Gasteiger partial charge in [0.15, 0.2) is 5.65 Å². The van der Waals surface area contributed by atoms with Crippen LogP contribution in [0.1, 0.15) is 18.4 Å². The zero-order chi connectivity index (χ0) is 21.4. The van der Waals surface area contributed by atoms with Gasteiger partial charge < -0.3 is 15.1 Å². The number of nitrogens with one attached hydrogen (secondary N) is 2. The van der Waals surface area contributed by atoms with Crippen LogP contribution in [-0.2, 0) is 10.2 Å². The molecule has 0 bridgehead atoms. The van der Waals surface area contributed by atoms with E-state index >= 15 is 0 Å². The van der Waals surface area contributed by atoms with Gasteiger partial charge in [-0.1, -0.05) is 28.1 Å². The highest BCUT2D eigenvalue weighted by atomic mass is 79.9. The minimum atomic E-state index is -0.454. The largest absolute Gasteiger partial charge is 0.352 e. The summed E-state index contributed by atoms with van der Waals surface area (Å²) in [4.78, 5) is 26.8. The molecule has 0 saturated carbocycles. The number of H-pyrrole nitrogens is 1. The molecule has 2 N–H and O–H groups in total. The third kappa shape index (κ3) is 3.74. The Labute approximate surface area is 197 Å². The summed E-state index contributed by atoms with van der Waals surface area (Å²) in [5.41, 5.74) is 1.30. The number of aromatic nitrogens is 4. The van der Waals surface area contributed by atoms with E-state index in [2.05, 4.69) is 74.4 Å². The number of hydrogen-bond acceptors (Lipinski definition) is 6. The van der Waals surface area contributed by atoms with Gasteiger partial charge in [-0.15, -0.1) is 0 Å². The van der Waals surface area contributed by atoms with Crippen molar-refractivity contribution < 1.29 is 4.79 Å². The Balaban J connectivity index is 1.37. The fourth-order valence-corrected chi connectivity index (χ4v) is 5.43. The van der Waals surface area contributed by atoms with E-state index in [0.29, 0.717) is 18.7 Å². The predicted octanol–water partition coefficient (Wildman–Crippen LogP) is 2.85. The quantitative estimate of drug-likeness (QED) is 0.523. The molecule has 0 aliphatic carbocycles. The van der Waals surface area contributed by atoms with E-state index < -0.39 is 5.41 Å². The molecule has 2 aliphatic rings. The summed E-state index contributed by atoms with van der Waals surface area (Å²) in [6.45, 7) is 4.51. The normalized spacial score (nSPS) is 19.0. The maximum Gasteiger partial charge on any atom is 0.233 e.